The van der Waals surface area contributed by atoms with Crippen molar-refractivity contribution in [2.24, 2.45) is 0 Å². The van der Waals surface area contributed by atoms with Crippen LogP contribution in [0.3, 0.4) is 0 Å². The van der Waals surface area contributed by atoms with E-state index in [4.69, 9.17) is 18.9 Å². The van der Waals surface area contributed by atoms with Crippen molar-refractivity contribution in [3.05, 3.63) is 325 Å². The average molecular weight is 1160 g/mol. The van der Waals surface area contributed by atoms with Crippen LogP contribution in [0.2, 0.25) is 0 Å². The Morgan fingerprint density at radius 3 is 0.856 bits per heavy atom. The zero-order valence-corrected chi connectivity index (χ0v) is 48.2. The summed E-state index contributed by atoms with van der Waals surface area (Å²) in [5.41, 5.74) is 17.8. The number of nitriles is 1. The van der Waals surface area contributed by atoms with Gasteiger partial charge in [0.1, 0.15) is 17.6 Å². The fourth-order valence-electron chi connectivity index (χ4n) is 13.5. The van der Waals surface area contributed by atoms with Gasteiger partial charge in [0.15, 0.2) is 34.5 Å². The van der Waals surface area contributed by atoms with Gasteiger partial charge in [0.25, 0.3) is 0 Å². The second-order valence-corrected chi connectivity index (χ2v) is 22.4. The fraction of sp³-hybridized carbons (Fsp3) is 0.0123. The van der Waals surface area contributed by atoms with E-state index in [-0.39, 0.29) is 5.92 Å². The topological polar surface area (TPSA) is 74.8 Å². The Labute approximate surface area is 520 Å². The predicted octanol–water partition coefficient (Wildman–Crippen LogP) is 22.8. The Morgan fingerprint density at radius 2 is 0.556 bits per heavy atom. The lowest BCUT2D eigenvalue weighted by Crippen LogP contribution is -2.15. The molecule has 0 bridgehead atoms. The number of hydrogen-bond acceptors (Lipinski definition) is 8. The van der Waals surface area contributed by atoms with E-state index in [1.165, 1.54) is 0 Å². The molecular formula is C81H49N5O4. The number of rotatable bonds is 8. The molecule has 0 fully saturated rings. The molecule has 4 aliphatic rings. The van der Waals surface area contributed by atoms with Crippen LogP contribution in [0.4, 0.5) is 56.9 Å². The van der Waals surface area contributed by atoms with E-state index in [2.05, 4.69) is 183 Å². The average Bonchev–Trinajstić information content (AvgIpc) is 0.820. The second kappa shape index (κ2) is 21.1. The number of fused-ring (bicyclic) bond motifs is 8. The van der Waals surface area contributed by atoms with Gasteiger partial charge in [-0.1, -0.05) is 170 Å². The van der Waals surface area contributed by atoms with Gasteiger partial charge >= 0.3 is 0 Å². The fourth-order valence-corrected chi connectivity index (χ4v) is 13.5. The third-order valence-corrected chi connectivity index (χ3v) is 17.4. The normalized spacial score (nSPS) is 12.9. The van der Waals surface area contributed by atoms with E-state index in [1.54, 1.807) is 0 Å². The molecule has 0 unspecified atom stereocenters. The molecule has 422 valence electrons. The SMILES string of the molecule is [C-]#[N+]c1c(-c2ccc(N3c4ccccc4Oc4ccccc43)cc2)c(-c2ccc(C3c4ccccc4Oc4ccccc43)cc2)c(C#N)c(-c2ccc(N3c4ccccc4Oc4ccccc43)cc2)c1-c1ccc(N2c3ccccc3Oc3ccccc32)cc1. The van der Waals surface area contributed by atoms with Crippen molar-refractivity contribution in [1.29, 1.82) is 5.26 Å². The summed E-state index contributed by atoms with van der Waals surface area (Å²) in [6, 6.07) is 101. The van der Waals surface area contributed by atoms with Gasteiger partial charge in [0, 0.05) is 34.1 Å². The molecule has 0 amide bonds. The first kappa shape index (κ1) is 51.8. The summed E-state index contributed by atoms with van der Waals surface area (Å²) in [6.07, 6.45) is 0. The lowest BCUT2D eigenvalue weighted by atomic mass is 9.78. The van der Waals surface area contributed by atoms with Crippen molar-refractivity contribution in [3.63, 3.8) is 0 Å². The minimum absolute atomic E-state index is 0.124. The summed E-state index contributed by atoms with van der Waals surface area (Å²) in [4.78, 5) is 11.3. The van der Waals surface area contributed by atoms with E-state index >= 15 is 0 Å². The maximum Gasteiger partial charge on any atom is 0.203 e. The molecule has 9 nitrogen and oxygen atoms in total. The van der Waals surface area contributed by atoms with E-state index < -0.39 is 0 Å². The molecule has 0 aliphatic carbocycles. The van der Waals surface area contributed by atoms with E-state index in [9.17, 15) is 11.8 Å². The van der Waals surface area contributed by atoms with Gasteiger partial charge in [0.2, 0.25) is 5.69 Å². The van der Waals surface area contributed by atoms with Crippen LogP contribution >= 0.6 is 0 Å². The minimum atomic E-state index is -0.124. The largest absolute Gasteiger partial charge is 0.457 e. The molecule has 0 aromatic heterocycles. The number of ether oxygens (including phenoxy) is 4. The van der Waals surface area contributed by atoms with Gasteiger partial charge in [-0.3, -0.25) is 0 Å². The van der Waals surface area contributed by atoms with Crippen LogP contribution in [0.15, 0.2) is 291 Å². The molecule has 0 saturated carbocycles. The third-order valence-electron chi connectivity index (χ3n) is 17.4. The molecule has 13 aromatic carbocycles. The molecule has 0 spiro atoms. The molecule has 0 N–H and O–H groups in total. The molecule has 4 aliphatic heterocycles. The Balaban J connectivity index is 0.896. The van der Waals surface area contributed by atoms with Crippen molar-refractivity contribution in [3.8, 4) is 96.6 Å². The monoisotopic (exact) mass is 1160 g/mol. The van der Waals surface area contributed by atoms with Crippen molar-refractivity contribution < 1.29 is 18.9 Å². The standard InChI is InChI=1S/C81H49N5O4/c1-83-81-79(54-40-46-57(47-41-54)85-64-22-6-14-30-72(64)89-73-31-15-7-23-65(73)85)77(52-36-34-51(35-37-52)76-59-18-2-10-26-68(59)87-69-27-11-3-19-60(69)76)61(50-82)78(53-38-44-56(45-39-53)84-62-20-4-12-28-70(62)88-71-29-13-5-21-63(71)84)80(81)55-42-48-58(49-43-55)86-66-24-8-16-32-74(66)90-75-33-17-9-25-67(75)86/h2-49,76H. The van der Waals surface area contributed by atoms with Crippen LogP contribution in [0.1, 0.15) is 28.2 Å². The van der Waals surface area contributed by atoms with Crippen molar-refractivity contribution in [1.82, 2.24) is 0 Å². The van der Waals surface area contributed by atoms with E-state index in [0.29, 0.717) is 33.5 Å². The second-order valence-electron chi connectivity index (χ2n) is 22.4. The van der Waals surface area contributed by atoms with Gasteiger partial charge in [0.05, 0.1) is 46.3 Å². The van der Waals surface area contributed by atoms with Crippen LogP contribution in [-0.4, -0.2) is 0 Å². The quantitative estimate of drug-likeness (QED) is 0.139. The summed E-state index contributed by atoms with van der Waals surface area (Å²) in [7, 11) is 0. The smallest absolute Gasteiger partial charge is 0.203 e. The van der Waals surface area contributed by atoms with Gasteiger partial charge in [-0.25, -0.2) is 4.85 Å². The highest BCUT2D eigenvalue weighted by atomic mass is 16.5. The van der Waals surface area contributed by atoms with Gasteiger partial charge in [-0.2, -0.15) is 5.26 Å². The first-order chi connectivity index (χ1) is 44.6. The van der Waals surface area contributed by atoms with Crippen molar-refractivity contribution in [2.45, 2.75) is 5.92 Å². The number of para-hydroxylation sites is 14. The summed E-state index contributed by atoms with van der Waals surface area (Å²) < 4.78 is 25.8. The van der Waals surface area contributed by atoms with Gasteiger partial charge in [-0.15, -0.1) is 0 Å². The molecule has 17 rings (SSSR count). The zero-order chi connectivity index (χ0) is 59.8. The molecule has 13 aromatic rings. The first-order valence-corrected chi connectivity index (χ1v) is 29.8. The number of nitrogens with zero attached hydrogens (tertiary/aromatic N) is 5. The lowest BCUT2D eigenvalue weighted by Gasteiger charge is -2.33. The molecule has 9 heteroatoms. The van der Waals surface area contributed by atoms with E-state index in [0.717, 1.165) is 136 Å². The summed E-state index contributed by atoms with van der Waals surface area (Å²) in [5.74, 6) is 5.97. The van der Waals surface area contributed by atoms with Gasteiger partial charge < -0.3 is 33.6 Å². The van der Waals surface area contributed by atoms with Crippen LogP contribution in [0, 0.1) is 17.9 Å². The summed E-state index contributed by atoms with van der Waals surface area (Å²) in [5, 5.41) is 12.3. The lowest BCUT2D eigenvalue weighted by molar-refractivity contribution is 0.453. The number of anilines is 9. The summed E-state index contributed by atoms with van der Waals surface area (Å²) >= 11 is 0. The van der Waals surface area contributed by atoms with Crippen LogP contribution in [0.5, 0.6) is 46.0 Å². The van der Waals surface area contributed by atoms with E-state index in [1.807, 2.05) is 133 Å². The third kappa shape index (κ3) is 8.37. The van der Waals surface area contributed by atoms with Crippen LogP contribution in [-0.2, 0) is 0 Å². The Kier molecular flexibility index (Phi) is 12.2. The highest BCUT2D eigenvalue weighted by molar-refractivity contribution is 6.10. The maximum absolute atomic E-state index is 12.3. The summed E-state index contributed by atoms with van der Waals surface area (Å²) in [6.45, 7) is 9.58. The molecular weight excluding hydrogens is 1110 g/mol. The van der Waals surface area contributed by atoms with Crippen molar-refractivity contribution in [2.75, 3.05) is 14.7 Å². The first-order valence-electron chi connectivity index (χ1n) is 29.8. The number of benzene rings is 13. The molecule has 0 atom stereocenters. The number of hydrogen-bond donors (Lipinski definition) is 0. The van der Waals surface area contributed by atoms with Crippen LogP contribution < -0.4 is 33.6 Å². The van der Waals surface area contributed by atoms with Crippen molar-refractivity contribution >= 4 is 56.9 Å². The molecule has 90 heavy (non-hydrogen) atoms. The highest BCUT2D eigenvalue weighted by Crippen LogP contribution is 2.58. The molecule has 4 heterocycles. The Morgan fingerprint density at radius 1 is 0.300 bits per heavy atom. The Hall–Kier alpha value is -12.6. The predicted molar refractivity (Wildman–Crippen MR) is 357 cm³/mol. The Bertz CT molecular complexity index is 4320. The minimum Gasteiger partial charge on any atom is -0.457 e. The molecule has 0 saturated heterocycles. The van der Waals surface area contributed by atoms with Crippen LogP contribution in [0.25, 0.3) is 49.4 Å². The molecule has 0 radical (unpaired) electrons. The van der Waals surface area contributed by atoms with Gasteiger partial charge in [-0.05, 0) is 171 Å². The highest BCUT2D eigenvalue weighted by Gasteiger charge is 2.34. The zero-order valence-electron chi connectivity index (χ0n) is 48.2. The maximum atomic E-state index is 12.3.